The molecule has 0 aromatic carbocycles. The molecule has 2 aromatic heterocycles. The van der Waals surface area contributed by atoms with E-state index in [-0.39, 0.29) is 0 Å². The predicted octanol–water partition coefficient (Wildman–Crippen LogP) is 3.20. The van der Waals surface area contributed by atoms with Gasteiger partial charge in [0.15, 0.2) is 0 Å². The Hall–Kier alpha value is -1.55. The van der Waals surface area contributed by atoms with Crippen molar-refractivity contribution in [3.05, 3.63) is 40.6 Å². The van der Waals surface area contributed by atoms with Crippen molar-refractivity contribution >= 4 is 0 Å². The first-order valence-electron chi connectivity index (χ1n) is 7.34. The molecule has 1 N–H and O–H groups in total. The largest absolute Gasteiger partial charge is 0.468 e. The second kappa shape index (κ2) is 6.27. The maximum atomic E-state index is 5.59. The molecule has 0 aliphatic rings. The van der Waals surface area contributed by atoms with Gasteiger partial charge in [-0.1, -0.05) is 20.8 Å². The lowest BCUT2D eigenvalue weighted by atomic mass is 10.1. The van der Waals surface area contributed by atoms with Crippen molar-refractivity contribution in [2.75, 3.05) is 0 Å². The second-order valence-corrected chi connectivity index (χ2v) is 5.57. The summed E-state index contributed by atoms with van der Waals surface area (Å²) < 4.78 is 7.67. The summed E-state index contributed by atoms with van der Waals surface area (Å²) in [4.78, 5) is 0. The SMILES string of the molecule is CCc1c(C)nn(Cc2ccoc2CNC(C)C)c1C. The minimum Gasteiger partial charge on any atom is -0.468 e. The van der Waals surface area contributed by atoms with Gasteiger partial charge in [0.1, 0.15) is 5.76 Å². The van der Waals surface area contributed by atoms with E-state index in [4.69, 9.17) is 4.42 Å². The summed E-state index contributed by atoms with van der Waals surface area (Å²) in [5.41, 5.74) is 4.95. The number of nitrogens with zero attached hydrogens (tertiary/aromatic N) is 2. The van der Waals surface area contributed by atoms with Crippen molar-refractivity contribution in [2.24, 2.45) is 0 Å². The Morgan fingerprint density at radius 3 is 2.70 bits per heavy atom. The molecule has 0 aliphatic heterocycles. The lowest BCUT2D eigenvalue weighted by Gasteiger charge is -2.09. The van der Waals surface area contributed by atoms with Crippen LogP contribution in [0.2, 0.25) is 0 Å². The monoisotopic (exact) mass is 275 g/mol. The minimum atomic E-state index is 0.452. The van der Waals surface area contributed by atoms with E-state index in [1.807, 2.05) is 6.07 Å². The molecule has 0 spiro atoms. The van der Waals surface area contributed by atoms with Crippen molar-refractivity contribution in [1.29, 1.82) is 0 Å². The summed E-state index contributed by atoms with van der Waals surface area (Å²) in [6.45, 7) is 12.2. The molecular formula is C16H25N3O. The number of aromatic nitrogens is 2. The molecule has 20 heavy (non-hydrogen) atoms. The molecule has 0 aliphatic carbocycles. The fourth-order valence-corrected chi connectivity index (χ4v) is 2.52. The van der Waals surface area contributed by atoms with Gasteiger partial charge in [-0.3, -0.25) is 4.68 Å². The molecule has 0 fully saturated rings. The third-order valence-corrected chi connectivity index (χ3v) is 3.71. The van der Waals surface area contributed by atoms with E-state index >= 15 is 0 Å². The van der Waals surface area contributed by atoms with Crippen LogP contribution >= 0.6 is 0 Å². The molecule has 0 saturated carbocycles. The molecule has 4 nitrogen and oxygen atoms in total. The molecule has 0 atom stereocenters. The maximum Gasteiger partial charge on any atom is 0.122 e. The highest BCUT2D eigenvalue weighted by atomic mass is 16.3. The van der Waals surface area contributed by atoms with E-state index in [2.05, 4.69) is 49.7 Å². The van der Waals surface area contributed by atoms with Crippen molar-refractivity contribution in [1.82, 2.24) is 15.1 Å². The van der Waals surface area contributed by atoms with E-state index in [0.29, 0.717) is 6.04 Å². The summed E-state index contributed by atoms with van der Waals surface area (Å²) in [7, 11) is 0. The van der Waals surface area contributed by atoms with Gasteiger partial charge in [-0.15, -0.1) is 0 Å². The normalized spacial score (nSPS) is 11.5. The topological polar surface area (TPSA) is 43.0 Å². The molecule has 0 saturated heterocycles. The Kier molecular flexibility index (Phi) is 4.65. The van der Waals surface area contributed by atoms with Crippen molar-refractivity contribution in [2.45, 2.75) is 60.2 Å². The first-order chi connectivity index (χ1) is 9.52. The zero-order chi connectivity index (χ0) is 14.7. The molecule has 2 aromatic rings. The second-order valence-electron chi connectivity index (χ2n) is 5.57. The van der Waals surface area contributed by atoms with Gasteiger partial charge in [0, 0.05) is 17.3 Å². The highest BCUT2D eigenvalue weighted by Gasteiger charge is 2.13. The molecule has 0 bridgehead atoms. The molecule has 2 rings (SSSR count). The number of rotatable bonds is 6. The summed E-state index contributed by atoms with van der Waals surface area (Å²) in [5.74, 6) is 1.00. The minimum absolute atomic E-state index is 0.452. The quantitative estimate of drug-likeness (QED) is 0.880. The van der Waals surface area contributed by atoms with Crippen LogP contribution in [0.5, 0.6) is 0 Å². The van der Waals surface area contributed by atoms with Crippen LogP contribution in [-0.2, 0) is 19.5 Å². The zero-order valence-electron chi connectivity index (χ0n) is 13.2. The van der Waals surface area contributed by atoms with Gasteiger partial charge in [0.05, 0.1) is 25.0 Å². The van der Waals surface area contributed by atoms with Crippen molar-refractivity contribution in [3.63, 3.8) is 0 Å². The summed E-state index contributed by atoms with van der Waals surface area (Å²) >= 11 is 0. The molecule has 0 unspecified atom stereocenters. The van der Waals surface area contributed by atoms with Crippen LogP contribution in [0.25, 0.3) is 0 Å². The first-order valence-corrected chi connectivity index (χ1v) is 7.34. The number of hydrogen-bond donors (Lipinski definition) is 1. The van der Waals surface area contributed by atoms with Gasteiger partial charge < -0.3 is 9.73 Å². The van der Waals surface area contributed by atoms with Gasteiger partial charge in [0.25, 0.3) is 0 Å². The van der Waals surface area contributed by atoms with E-state index in [9.17, 15) is 0 Å². The van der Waals surface area contributed by atoms with Gasteiger partial charge in [0.2, 0.25) is 0 Å². The van der Waals surface area contributed by atoms with E-state index in [1.165, 1.54) is 16.8 Å². The lowest BCUT2D eigenvalue weighted by Crippen LogP contribution is -2.22. The Balaban J connectivity index is 2.16. The van der Waals surface area contributed by atoms with Crippen LogP contribution in [0, 0.1) is 13.8 Å². The van der Waals surface area contributed by atoms with Crippen LogP contribution in [0.15, 0.2) is 16.7 Å². The number of aryl methyl sites for hydroxylation is 1. The lowest BCUT2D eigenvalue weighted by molar-refractivity contribution is 0.457. The fraction of sp³-hybridized carbons (Fsp3) is 0.562. The van der Waals surface area contributed by atoms with Gasteiger partial charge in [-0.05, 0) is 31.9 Å². The van der Waals surface area contributed by atoms with Crippen molar-refractivity contribution in [3.8, 4) is 0 Å². The molecule has 110 valence electrons. The summed E-state index contributed by atoms with van der Waals surface area (Å²) in [6.07, 6.45) is 2.80. The van der Waals surface area contributed by atoms with Crippen LogP contribution in [-0.4, -0.2) is 15.8 Å². The summed E-state index contributed by atoms with van der Waals surface area (Å²) in [5, 5.41) is 8.04. The molecule has 0 radical (unpaired) electrons. The Morgan fingerprint density at radius 1 is 1.35 bits per heavy atom. The average Bonchev–Trinajstić information content (AvgIpc) is 2.93. The zero-order valence-corrected chi connectivity index (χ0v) is 13.2. The van der Waals surface area contributed by atoms with Gasteiger partial charge in [-0.25, -0.2) is 0 Å². The fourth-order valence-electron chi connectivity index (χ4n) is 2.52. The first kappa shape index (κ1) is 14.9. The third kappa shape index (κ3) is 3.12. The standard InChI is InChI=1S/C16H25N3O/c1-6-15-12(4)18-19(13(15)5)10-14-7-8-20-16(14)9-17-11(2)3/h7-8,11,17H,6,9-10H2,1-5H3. The Bertz CT molecular complexity index is 566. The average molecular weight is 275 g/mol. The van der Waals surface area contributed by atoms with Crippen molar-refractivity contribution < 1.29 is 4.42 Å². The highest BCUT2D eigenvalue weighted by Crippen LogP contribution is 2.17. The molecule has 0 amide bonds. The van der Waals surface area contributed by atoms with Crippen LogP contribution < -0.4 is 5.32 Å². The predicted molar refractivity (Wildman–Crippen MR) is 80.9 cm³/mol. The smallest absolute Gasteiger partial charge is 0.122 e. The van der Waals surface area contributed by atoms with Gasteiger partial charge in [-0.2, -0.15) is 5.10 Å². The number of hydrogen-bond acceptors (Lipinski definition) is 3. The highest BCUT2D eigenvalue weighted by molar-refractivity contribution is 5.26. The third-order valence-electron chi connectivity index (χ3n) is 3.71. The molecule has 2 heterocycles. The van der Waals surface area contributed by atoms with E-state index < -0.39 is 0 Å². The number of furan rings is 1. The van der Waals surface area contributed by atoms with Crippen LogP contribution in [0.1, 0.15) is 49.0 Å². The van der Waals surface area contributed by atoms with E-state index in [1.54, 1.807) is 6.26 Å². The Morgan fingerprint density at radius 2 is 2.10 bits per heavy atom. The van der Waals surface area contributed by atoms with E-state index in [0.717, 1.165) is 31.0 Å². The van der Waals surface area contributed by atoms with Crippen LogP contribution in [0.3, 0.4) is 0 Å². The van der Waals surface area contributed by atoms with Gasteiger partial charge >= 0.3 is 0 Å². The van der Waals surface area contributed by atoms with Crippen LogP contribution in [0.4, 0.5) is 0 Å². The number of nitrogens with one attached hydrogen (secondary N) is 1. The molecule has 4 heteroatoms. The Labute approximate surface area is 121 Å². The molecular weight excluding hydrogens is 250 g/mol. The maximum absolute atomic E-state index is 5.59. The summed E-state index contributed by atoms with van der Waals surface area (Å²) in [6, 6.07) is 2.49.